The Balaban J connectivity index is 1.42. The summed E-state index contributed by atoms with van der Waals surface area (Å²) in [5.74, 6) is 0.431. The van der Waals surface area contributed by atoms with E-state index >= 15 is 0 Å². The van der Waals surface area contributed by atoms with Crippen molar-refractivity contribution in [1.29, 1.82) is 0 Å². The monoisotopic (exact) mass is 426 g/mol. The van der Waals surface area contributed by atoms with E-state index in [4.69, 9.17) is 14.3 Å². The second-order valence-electron chi connectivity index (χ2n) is 8.07. The van der Waals surface area contributed by atoms with Crippen LogP contribution in [0.2, 0.25) is 0 Å². The second-order valence-corrected chi connectivity index (χ2v) is 8.07. The quantitative estimate of drug-likeness (QED) is 0.731. The van der Waals surface area contributed by atoms with E-state index in [2.05, 4.69) is 10.5 Å². The molecule has 31 heavy (non-hydrogen) atoms. The van der Waals surface area contributed by atoms with Gasteiger partial charge in [0.25, 0.3) is 0 Å². The molecular formula is C24H27FN2O4. The van der Waals surface area contributed by atoms with E-state index < -0.39 is 5.41 Å². The standard InChI is InChI=1S/C24H27FN2O4/c1-29-22-8-3-2-5-18(22)16-26-23(28)24(9-11-30-12-10-24)15-20-14-21(27-31-20)17-6-4-7-19(25)13-17/h2-8,13,20H,9-12,14-16H2,1H3,(H,26,28). The van der Waals surface area contributed by atoms with Crippen molar-refractivity contribution in [2.75, 3.05) is 20.3 Å². The molecule has 0 radical (unpaired) electrons. The maximum Gasteiger partial charge on any atom is 0.226 e. The highest BCUT2D eigenvalue weighted by molar-refractivity contribution is 6.01. The van der Waals surface area contributed by atoms with E-state index in [0.717, 1.165) is 11.3 Å². The lowest BCUT2D eigenvalue weighted by Crippen LogP contribution is -2.46. The smallest absolute Gasteiger partial charge is 0.226 e. The minimum Gasteiger partial charge on any atom is -0.496 e. The molecule has 0 aliphatic carbocycles. The van der Waals surface area contributed by atoms with Crippen molar-refractivity contribution in [3.63, 3.8) is 0 Å². The fraction of sp³-hybridized carbons (Fsp3) is 0.417. The molecule has 2 aromatic rings. The molecule has 0 bridgehead atoms. The van der Waals surface area contributed by atoms with Gasteiger partial charge in [-0.25, -0.2) is 4.39 Å². The lowest BCUT2D eigenvalue weighted by atomic mass is 9.74. The number of nitrogens with one attached hydrogen (secondary N) is 1. The fourth-order valence-corrected chi connectivity index (χ4v) is 4.31. The van der Waals surface area contributed by atoms with Crippen LogP contribution in [-0.4, -0.2) is 38.0 Å². The van der Waals surface area contributed by atoms with E-state index in [9.17, 15) is 9.18 Å². The zero-order valence-corrected chi connectivity index (χ0v) is 17.6. The van der Waals surface area contributed by atoms with Crippen molar-refractivity contribution in [1.82, 2.24) is 5.32 Å². The molecule has 6 nitrogen and oxygen atoms in total. The van der Waals surface area contributed by atoms with Crippen LogP contribution in [0.4, 0.5) is 4.39 Å². The van der Waals surface area contributed by atoms with Crippen molar-refractivity contribution in [3.8, 4) is 5.75 Å². The highest BCUT2D eigenvalue weighted by atomic mass is 19.1. The molecule has 1 fully saturated rings. The Morgan fingerprint density at radius 3 is 2.81 bits per heavy atom. The predicted molar refractivity (Wildman–Crippen MR) is 114 cm³/mol. The third kappa shape index (κ3) is 4.88. The normalized spacial score (nSPS) is 19.9. The van der Waals surface area contributed by atoms with Gasteiger partial charge in [-0.3, -0.25) is 4.79 Å². The van der Waals surface area contributed by atoms with Gasteiger partial charge in [0, 0.05) is 43.7 Å². The number of carbonyl (C=O) groups excluding carboxylic acids is 1. The number of rotatable bonds is 7. The first-order valence-electron chi connectivity index (χ1n) is 10.6. The number of amides is 1. The Morgan fingerprint density at radius 1 is 1.23 bits per heavy atom. The molecule has 2 aromatic carbocycles. The van der Waals surface area contributed by atoms with Crippen molar-refractivity contribution in [2.45, 2.75) is 38.3 Å². The van der Waals surface area contributed by atoms with Gasteiger partial charge in [0.1, 0.15) is 17.7 Å². The summed E-state index contributed by atoms with van der Waals surface area (Å²) in [4.78, 5) is 19.0. The maximum atomic E-state index is 13.6. The third-order valence-electron chi connectivity index (χ3n) is 6.07. The van der Waals surface area contributed by atoms with Crippen LogP contribution in [0.5, 0.6) is 5.75 Å². The van der Waals surface area contributed by atoms with Gasteiger partial charge >= 0.3 is 0 Å². The molecule has 7 heteroatoms. The molecule has 1 N–H and O–H groups in total. The number of oxime groups is 1. The minimum atomic E-state index is -0.585. The summed E-state index contributed by atoms with van der Waals surface area (Å²) >= 11 is 0. The van der Waals surface area contributed by atoms with Crippen LogP contribution >= 0.6 is 0 Å². The van der Waals surface area contributed by atoms with E-state index in [-0.39, 0.29) is 17.8 Å². The summed E-state index contributed by atoms with van der Waals surface area (Å²) in [5, 5.41) is 7.26. The molecule has 2 aliphatic rings. The maximum absolute atomic E-state index is 13.6. The number of benzene rings is 2. The summed E-state index contributed by atoms with van der Waals surface area (Å²) in [6.45, 7) is 1.46. The Hall–Kier alpha value is -2.93. The van der Waals surface area contributed by atoms with Crippen LogP contribution in [0.15, 0.2) is 53.7 Å². The predicted octanol–water partition coefficient (Wildman–Crippen LogP) is 3.83. The molecule has 1 unspecified atom stereocenters. The molecule has 0 aromatic heterocycles. The largest absolute Gasteiger partial charge is 0.496 e. The first-order chi connectivity index (χ1) is 15.1. The summed E-state index contributed by atoms with van der Waals surface area (Å²) < 4.78 is 24.5. The Kier molecular flexibility index (Phi) is 6.51. The molecule has 0 saturated carbocycles. The van der Waals surface area contributed by atoms with Crippen molar-refractivity contribution >= 4 is 11.6 Å². The number of hydrogen-bond acceptors (Lipinski definition) is 5. The Morgan fingerprint density at radius 2 is 2.03 bits per heavy atom. The van der Waals surface area contributed by atoms with Gasteiger partial charge in [0.15, 0.2) is 0 Å². The van der Waals surface area contributed by atoms with Crippen LogP contribution in [-0.2, 0) is 20.9 Å². The van der Waals surface area contributed by atoms with Crippen molar-refractivity contribution in [3.05, 3.63) is 65.5 Å². The van der Waals surface area contributed by atoms with Crippen LogP contribution in [0, 0.1) is 11.2 Å². The van der Waals surface area contributed by atoms with E-state index in [1.54, 1.807) is 13.2 Å². The second kappa shape index (κ2) is 9.47. The van der Waals surface area contributed by atoms with Gasteiger partial charge in [-0.05, 0) is 31.0 Å². The van der Waals surface area contributed by atoms with E-state index in [0.29, 0.717) is 56.7 Å². The highest BCUT2D eigenvalue weighted by Gasteiger charge is 2.43. The highest BCUT2D eigenvalue weighted by Crippen LogP contribution is 2.39. The van der Waals surface area contributed by atoms with Gasteiger partial charge in [0.2, 0.25) is 5.91 Å². The van der Waals surface area contributed by atoms with E-state index in [1.165, 1.54) is 12.1 Å². The lowest BCUT2D eigenvalue weighted by molar-refractivity contribution is -0.140. The molecule has 1 saturated heterocycles. The zero-order chi connectivity index (χ0) is 21.7. The van der Waals surface area contributed by atoms with Crippen molar-refractivity contribution < 1.29 is 23.5 Å². The number of nitrogens with zero attached hydrogens (tertiary/aromatic N) is 1. The summed E-state index contributed by atoms with van der Waals surface area (Å²) in [7, 11) is 1.62. The van der Waals surface area contributed by atoms with Gasteiger partial charge in [0.05, 0.1) is 18.2 Å². The molecule has 1 atom stereocenters. The molecule has 2 aliphatic heterocycles. The molecule has 164 valence electrons. The minimum absolute atomic E-state index is 0.00971. The van der Waals surface area contributed by atoms with Crippen LogP contribution in [0.25, 0.3) is 0 Å². The van der Waals surface area contributed by atoms with Gasteiger partial charge in [-0.15, -0.1) is 0 Å². The molecular weight excluding hydrogens is 399 g/mol. The average Bonchev–Trinajstić information content (AvgIpc) is 3.26. The summed E-state index contributed by atoms with van der Waals surface area (Å²) in [5.41, 5.74) is 1.76. The zero-order valence-electron chi connectivity index (χ0n) is 17.6. The first-order valence-corrected chi connectivity index (χ1v) is 10.6. The number of methoxy groups -OCH3 is 1. The number of halogens is 1. The summed E-state index contributed by atoms with van der Waals surface area (Å²) in [6, 6.07) is 14.0. The van der Waals surface area contributed by atoms with Crippen LogP contribution in [0.1, 0.15) is 36.8 Å². The number of para-hydroxylation sites is 1. The SMILES string of the molecule is COc1ccccc1CNC(=O)C1(CC2CC(c3cccc(F)c3)=NO2)CCOCC1. The Labute approximate surface area is 181 Å². The number of ether oxygens (including phenoxy) is 2. The lowest BCUT2D eigenvalue weighted by Gasteiger charge is -2.37. The molecule has 1 amide bonds. The van der Waals surface area contributed by atoms with Crippen molar-refractivity contribution in [2.24, 2.45) is 10.6 Å². The fourth-order valence-electron chi connectivity index (χ4n) is 4.31. The Bertz CT molecular complexity index is 956. The third-order valence-corrected chi connectivity index (χ3v) is 6.07. The van der Waals surface area contributed by atoms with Crippen LogP contribution in [0.3, 0.4) is 0 Å². The number of carbonyl (C=O) groups is 1. The number of hydrogen-bond donors (Lipinski definition) is 1. The first kappa shape index (κ1) is 21.3. The molecule has 4 rings (SSSR count). The van der Waals surface area contributed by atoms with Gasteiger partial charge < -0.3 is 19.6 Å². The summed E-state index contributed by atoms with van der Waals surface area (Å²) in [6.07, 6.45) is 2.11. The van der Waals surface area contributed by atoms with E-state index in [1.807, 2.05) is 30.3 Å². The molecule has 0 spiro atoms. The topological polar surface area (TPSA) is 69.2 Å². The molecule has 2 heterocycles. The van der Waals surface area contributed by atoms with Gasteiger partial charge in [-0.1, -0.05) is 35.5 Å². The van der Waals surface area contributed by atoms with Gasteiger partial charge in [-0.2, -0.15) is 0 Å². The average molecular weight is 426 g/mol. The van der Waals surface area contributed by atoms with Crippen LogP contribution < -0.4 is 10.1 Å².